The van der Waals surface area contributed by atoms with Crippen LogP contribution in [-0.2, 0) is 12.0 Å². The van der Waals surface area contributed by atoms with Crippen molar-refractivity contribution in [1.82, 2.24) is 0 Å². The molecule has 0 saturated heterocycles. The zero-order chi connectivity index (χ0) is 14.9. The fraction of sp³-hybridized carbons (Fsp3) is 0.294. The Balaban J connectivity index is 2.40. The van der Waals surface area contributed by atoms with Gasteiger partial charge in [-0.1, -0.05) is 35.4 Å². The van der Waals surface area contributed by atoms with E-state index in [0.717, 1.165) is 11.1 Å². The van der Waals surface area contributed by atoms with Crippen LogP contribution >= 0.6 is 0 Å². The van der Waals surface area contributed by atoms with E-state index in [1.807, 2.05) is 32.0 Å². The van der Waals surface area contributed by atoms with Crippen molar-refractivity contribution < 1.29 is 13.9 Å². The topological polar surface area (TPSA) is 20.2 Å². The van der Waals surface area contributed by atoms with E-state index in [1.165, 1.54) is 18.2 Å². The van der Waals surface area contributed by atoms with Gasteiger partial charge in [-0.05, 0) is 38.5 Å². The Labute approximate surface area is 117 Å². The Hall–Kier alpha value is -1.74. The number of hydrogen-bond donors (Lipinski definition) is 1. The van der Waals surface area contributed by atoms with Crippen LogP contribution in [-0.4, -0.2) is 5.11 Å². The number of rotatable bonds is 3. The van der Waals surface area contributed by atoms with E-state index in [0.29, 0.717) is 5.56 Å². The van der Waals surface area contributed by atoms with Crippen LogP contribution in [0.15, 0.2) is 36.4 Å². The molecule has 1 N–H and O–H groups in total. The molecule has 2 rings (SSSR count). The molecule has 1 unspecified atom stereocenters. The van der Waals surface area contributed by atoms with Crippen LogP contribution in [0.5, 0.6) is 0 Å². The van der Waals surface area contributed by atoms with Crippen molar-refractivity contribution in [3.8, 4) is 0 Å². The maximum Gasteiger partial charge on any atom is 0.129 e. The lowest BCUT2D eigenvalue weighted by Crippen LogP contribution is -2.25. The van der Waals surface area contributed by atoms with E-state index in [4.69, 9.17) is 0 Å². The Morgan fingerprint density at radius 1 is 1.00 bits per heavy atom. The molecule has 0 heterocycles. The van der Waals surface area contributed by atoms with Gasteiger partial charge in [0.05, 0.1) is 5.60 Å². The summed E-state index contributed by atoms with van der Waals surface area (Å²) in [5.74, 6) is -1.26. The standard InChI is InChI=1S/C17H18F2O/c1-11-7-12(2)9-13(8-11)17(3,20)10-14-15(18)5-4-6-16(14)19/h4-9,20H,10H2,1-3H3. The predicted molar refractivity (Wildman–Crippen MR) is 75.5 cm³/mol. The number of halogens is 2. The second-order valence-corrected chi connectivity index (χ2v) is 5.53. The first-order valence-electron chi connectivity index (χ1n) is 6.53. The van der Waals surface area contributed by atoms with Crippen molar-refractivity contribution in [1.29, 1.82) is 0 Å². The number of aryl methyl sites for hydroxylation is 2. The summed E-state index contributed by atoms with van der Waals surface area (Å²) in [6.45, 7) is 5.43. The van der Waals surface area contributed by atoms with E-state index in [2.05, 4.69) is 0 Å². The molecule has 0 radical (unpaired) electrons. The largest absolute Gasteiger partial charge is 0.385 e. The summed E-state index contributed by atoms with van der Waals surface area (Å²) in [6, 6.07) is 9.40. The van der Waals surface area contributed by atoms with Crippen LogP contribution in [0.1, 0.15) is 29.2 Å². The Bertz CT molecular complexity index is 592. The molecule has 0 aliphatic rings. The summed E-state index contributed by atoms with van der Waals surface area (Å²) in [7, 11) is 0. The van der Waals surface area contributed by atoms with E-state index in [9.17, 15) is 13.9 Å². The first-order chi connectivity index (χ1) is 9.29. The summed E-state index contributed by atoms with van der Waals surface area (Å²) in [4.78, 5) is 0. The SMILES string of the molecule is Cc1cc(C)cc(C(C)(O)Cc2c(F)cccc2F)c1. The highest BCUT2D eigenvalue weighted by molar-refractivity contribution is 5.34. The van der Waals surface area contributed by atoms with Crippen LogP contribution in [0.25, 0.3) is 0 Å². The third kappa shape index (κ3) is 3.05. The minimum absolute atomic E-state index is 0.0864. The summed E-state index contributed by atoms with van der Waals surface area (Å²) < 4.78 is 27.4. The number of hydrogen-bond acceptors (Lipinski definition) is 1. The molecule has 0 saturated carbocycles. The molecule has 20 heavy (non-hydrogen) atoms. The second kappa shape index (κ2) is 5.33. The molecule has 3 heteroatoms. The van der Waals surface area contributed by atoms with Crippen molar-refractivity contribution in [2.45, 2.75) is 32.8 Å². The molecule has 0 fully saturated rings. The van der Waals surface area contributed by atoms with E-state index < -0.39 is 17.2 Å². The lowest BCUT2D eigenvalue weighted by Gasteiger charge is -2.25. The van der Waals surface area contributed by atoms with Crippen LogP contribution in [0.2, 0.25) is 0 Å². The minimum Gasteiger partial charge on any atom is -0.385 e. The summed E-state index contributed by atoms with van der Waals surface area (Å²) in [5.41, 5.74) is 1.28. The fourth-order valence-corrected chi connectivity index (χ4v) is 2.43. The fourth-order valence-electron chi connectivity index (χ4n) is 2.43. The van der Waals surface area contributed by atoms with Gasteiger partial charge in [-0.25, -0.2) is 8.78 Å². The first kappa shape index (κ1) is 14.7. The van der Waals surface area contributed by atoms with Gasteiger partial charge in [0.15, 0.2) is 0 Å². The van der Waals surface area contributed by atoms with Crippen molar-refractivity contribution in [3.63, 3.8) is 0 Å². The zero-order valence-corrected chi connectivity index (χ0v) is 11.9. The van der Waals surface area contributed by atoms with Gasteiger partial charge in [-0.15, -0.1) is 0 Å². The van der Waals surface area contributed by atoms with Gasteiger partial charge in [0.2, 0.25) is 0 Å². The molecule has 0 aliphatic heterocycles. The Morgan fingerprint density at radius 2 is 1.50 bits per heavy atom. The minimum atomic E-state index is -1.32. The zero-order valence-electron chi connectivity index (χ0n) is 11.9. The molecule has 0 aliphatic carbocycles. The highest BCUT2D eigenvalue weighted by Gasteiger charge is 2.27. The summed E-state index contributed by atoms with van der Waals surface area (Å²) >= 11 is 0. The van der Waals surface area contributed by atoms with Gasteiger partial charge in [0.25, 0.3) is 0 Å². The normalized spacial score (nSPS) is 14.1. The Kier molecular flexibility index (Phi) is 3.91. The van der Waals surface area contributed by atoms with Crippen LogP contribution in [0, 0.1) is 25.5 Å². The van der Waals surface area contributed by atoms with Gasteiger partial charge >= 0.3 is 0 Å². The third-order valence-corrected chi connectivity index (χ3v) is 3.43. The van der Waals surface area contributed by atoms with Gasteiger partial charge in [-0.2, -0.15) is 0 Å². The molecule has 1 atom stereocenters. The van der Waals surface area contributed by atoms with Crippen molar-refractivity contribution in [2.75, 3.05) is 0 Å². The van der Waals surface area contributed by atoms with Crippen LogP contribution in [0.4, 0.5) is 8.78 Å². The van der Waals surface area contributed by atoms with Crippen molar-refractivity contribution >= 4 is 0 Å². The maximum atomic E-state index is 13.7. The molecule has 106 valence electrons. The molecule has 2 aromatic rings. The van der Waals surface area contributed by atoms with Gasteiger partial charge in [-0.3, -0.25) is 0 Å². The van der Waals surface area contributed by atoms with E-state index >= 15 is 0 Å². The second-order valence-electron chi connectivity index (χ2n) is 5.53. The smallest absolute Gasteiger partial charge is 0.129 e. The summed E-state index contributed by atoms with van der Waals surface area (Å²) in [6.07, 6.45) is -0.103. The molecule has 0 spiro atoms. The summed E-state index contributed by atoms with van der Waals surface area (Å²) in [5, 5.41) is 10.6. The van der Waals surface area contributed by atoms with Crippen molar-refractivity contribution in [3.05, 3.63) is 70.3 Å². The first-order valence-corrected chi connectivity index (χ1v) is 6.53. The van der Waals surface area contributed by atoms with E-state index in [1.54, 1.807) is 6.92 Å². The predicted octanol–water partition coefficient (Wildman–Crippen LogP) is 4.03. The van der Waals surface area contributed by atoms with Crippen molar-refractivity contribution in [2.24, 2.45) is 0 Å². The third-order valence-electron chi connectivity index (χ3n) is 3.43. The van der Waals surface area contributed by atoms with Gasteiger partial charge < -0.3 is 5.11 Å². The van der Waals surface area contributed by atoms with E-state index in [-0.39, 0.29) is 12.0 Å². The monoisotopic (exact) mass is 276 g/mol. The quantitative estimate of drug-likeness (QED) is 0.897. The number of aliphatic hydroxyl groups is 1. The van der Waals surface area contributed by atoms with Crippen LogP contribution < -0.4 is 0 Å². The average Bonchev–Trinajstić information content (AvgIpc) is 2.33. The maximum absolute atomic E-state index is 13.7. The molecular formula is C17H18F2O. The molecule has 0 bridgehead atoms. The molecular weight excluding hydrogens is 258 g/mol. The average molecular weight is 276 g/mol. The molecule has 0 aromatic heterocycles. The highest BCUT2D eigenvalue weighted by atomic mass is 19.1. The van der Waals surface area contributed by atoms with Gasteiger partial charge in [0, 0.05) is 12.0 Å². The molecule has 0 amide bonds. The van der Waals surface area contributed by atoms with Gasteiger partial charge in [0.1, 0.15) is 11.6 Å². The molecule has 2 aromatic carbocycles. The highest BCUT2D eigenvalue weighted by Crippen LogP contribution is 2.29. The van der Waals surface area contributed by atoms with Crippen LogP contribution in [0.3, 0.4) is 0 Å². The molecule has 1 nitrogen and oxygen atoms in total. The lowest BCUT2D eigenvalue weighted by atomic mass is 9.87. The number of benzene rings is 2. The lowest BCUT2D eigenvalue weighted by molar-refractivity contribution is 0.0555. The Morgan fingerprint density at radius 3 is 2.00 bits per heavy atom.